The van der Waals surface area contributed by atoms with Crippen LogP contribution in [0.4, 0.5) is 16.3 Å². The number of urea groups is 1. The van der Waals surface area contributed by atoms with E-state index in [9.17, 15) is 9.59 Å². The largest absolute Gasteiger partial charge is 0.357 e. The van der Waals surface area contributed by atoms with Crippen molar-refractivity contribution in [2.75, 3.05) is 36.4 Å². The third-order valence-corrected chi connectivity index (χ3v) is 6.55. The molecule has 1 unspecified atom stereocenters. The van der Waals surface area contributed by atoms with Crippen LogP contribution in [0.25, 0.3) is 0 Å². The highest BCUT2D eigenvalue weighted by Gasteiger charge is 2.28. The Labute approximate surface area is 196 Å². The van der Waals surface area contributed by atoms with Gasteiger partial charge in [0.15, 0.2) is 0 Å². The average molecular weight is 450 g/mol. The maximum atomic E-state index is 12.8. The number of carbonyl (C=O) groups excluding carboxylic acids is 2. The number of anilines is 2. The van der Waals surface area contributed by atoms with Gasteiger partial charge in [0.1, 0.15) is 5.82 Å². The number of carbonyl (C=O) groups is 2. The number of nitrogens with one attached hydrogen (secondary N) is 2. The quantitative estimate of drug-likeness (QED) is 0.712. The van der Waals surface area contributed by atoms with Crippen LogP contribution in [0.1, 0.15) is 49.7 Å². The molecule has 1 atom stereocenters. The zero-order chi connectivity index (χ0) is 23.0. The fraction of sp³-hybridized carbons (Fsp3) is 0.500. The van der Waals surface area contributed by atoms with Crippen molar-refractivity contribution in [2.45, 2.75) is 52.0 Å². The summed E-state index contributed by atoms with van der Waals surface area (Å²) in [5.41, 5.74) is 2.87. The molecule has 2 saturated heterocycles. The minimum atomic E-state index is -0.189. The number of aryl methyl sites for hydroxylation is 1. The Hall–Kier alpha value is -3.09. The Bertz CT molecular complexity index is 938. The number of likely N-dealkylation sites (tertiary alicyclic amines) is 1. The molecule has 2 N–H and O–H groups in total. The molecule has 7 heteroatoms. The summed E-state index contributed by atoms with van der Waals surface area (Å²) in [4.78, 5) is 34.2. The maximum Gasteiger partial charge on any atom is 0.321 e. The lowest BCUT2D eigenvalue weighted by molar-refractivity contribution is -0.126. The zero-order valence-electron chi connectivity index (χ0n) is 19.6. The Morgan fingerprint density at radius 3 is 2.58 bits per heavy atom. The van der Waals surface area contributed by atoms with Gasteiger partial charge in [0.05, 0.1) is 5.92 Å². The molecule has 0 bridgehead atoms. The molecular formula is C26H35N5O2. The van der Waals surface area contributed by atoms with Gasteiger partial charge < -0.3 is 20.4 Å². The normalized spacial score (nSPS) is 19.0. The van der Waals surface area contributed by atoms with Crippen molar-refractivity contribution in [3.8, 4) is 0 Å². The molecule has 1 aromatic heterocycles. The molecule has 3 amide bonds. The summed E-state index contributed by atoms with van der Waals surface area (Å²) in [7, 11) is 0. The lowest BCUT2D eigenvalue weighted by Gasteiger charge is -2.32. The second-order valence-corrected chi connectivity index (χ2v) is 9.23. The summed E-state index contributed by atoms with van der Waals surface area (Å²) < 4.78 is 0. The smallest absolute Gasteiger partial charge is 0.321 e. The minimum Gasteiger partial charge on any atom is -0.357 e. The molecule has 2 aliphatic rings. The van der Waals surface area contributed by atoms with Gasteiger partial charge in [0.2, 0.25) is 5.91 Å². The van der Waals surface area contributed by atoms with Crippen LogP contribution in [-0.2, 0) is 11.3 Å². The van der Waals surface area contributed by atoms with Crippen molar-refractivity contribution in [3.63, 3.8) is 0 Å². The highest BCUT2D eigenvalue weighted by molar-refractivity contribution is 5.90. The number of amides is 3. The number of pyridine rings is 1. The fourth-order valence-electron chi connectivity index (χ4n) is 4.64. The Balaban J connectivity index is 1.26. The molecule has 7 nitrogen and oxygen atoms in total. The first-order valence-electron chi connectivity index (χ1n) is 12.2. The fourth-order valence-corrected chi connectivity index (χ4v) is 4.64. The molecule has 2 aromatic rings. The van der Waals surface area contributed by atoms with Gasteiger partial charge in [-0.3, -0.25) is 4.79 Å². The lowest BCUT2D eigenvalue weighted by Crippen LogP contribution is -2.46. The molecule has 2 fully saturated rings. The highest BCUT2D eigenvalue weighted by atomic mass is 16.2. The number of aromatic nitrogens is 1. The van der Waals surface area contributed by atoms with E-state index in [0.29, 0.717) is 19.6 Å². The molecule has 3 heterocycles. The van der Waals surface area contributed by atoms with E-state index in [0.717, 1.165) is 48.6 Å². The van der Waals surface area contributed by atoms with E-state index in [1.54, 1.807) is 4.90 Å². The van der Waals surface area contributed by atoms with Crippen LogP contribution in [0, 0.1) is 12.8 Å². The average Bonchev–Trinajstić information content (AvgIpc) is 3.13. The van der Waals surface area contributed by atoms with Crippen LogP contribution in [0.2, 0.25) is 0 Å². The number of piperidine rings is 1. The predicted octanol–water partition coefficient (Wildman–Crippen LogP) is 4.33. The first-order chi connectivity index (χ1) is 16.1. The van der Waals surface area contributed by atoms with Gasteiger partial charge in [-0.2, -0.15) is 0 Å². The summed E-state index contributed by atoms with van der Waals surface area (Å²) in [5, 5.41) is 5.99. The van der Waals surface area contributed by atoms with Crippen molar-refractivity contribution in [1.29, 1.82) is 0 Å². The van der Waals surface area contributed by atoms with Crippen molar-refractivity contribution in [3.05, 3.63) is 53.7 Å². The molecule has 33 heavy (non-hydrogen) atoms. The van der Waals surface area contributed by atoms with E-state index in [-0.39, 0.29) is 17.9 Å². The summed E-state index contributed by atoms with van der Waals surface area (Å²) in [6.07, 6.45) is 8.53. The molecule has 0 spiro atoms. The molecule has 4 rings (SSSR count). The van der Waals surface area contributed by atoms with Gasteiger partial charge in [-0.05, 0) is 61.9 Å². The van der Waals surface area contributed by atoms with Gasteiger partial charge in [0.25, 0.3) is 0 Å². The van der Waals surface area contributed by atoms with Crippen LogP contribution >= 0.6 is 0 Å². The molecule has 176 valence electrons. The molecule has 0 aliphatic carbocycles. The summed E-state index contributed by atoms with van der Waals surface area (Å²) >= 11 is 0. The predicted molar refractivity (Wildman–Crippen MR) is 131 cm³/mol. The van der Waals surface area contributed by atoms with E-state index in [1.807, 2.05) is 37.4 Å². The Morgan fingerprint density at radius 1 is 1.03 bits per heavy atom. The van der Waals surface area contributed by atoms with Crippen molar-refractivity contribution < 1.29 is 9.59 Å². The number of nitrogens with zero attached hydrogens (tertiary/aromatic N) is 3. The van der Waals surface area contributed by atoms with Crippen LogP contribution in [0.3, 0.4) is 0 Å². The first-order valence-corrected chi connectivity index (χ1v) is 12.2. The van der Waals surface area contributed by atoms with Crippen LogP contribution in [0.5, 0.6) is 0 Å². The van der Waals surface area contributed by atoms with Crippen LogP contribution in [-0.4, -0.2) is 48.0 Å². The second-order valence-electron chi connectivity index (χ2n) is 9.23. The van der Waals surface area contributed by atoms with Crippen LogP contribution < -0.4 is 15.5 Å². The van der Waals surface area contributed by atoms with Gasteiger partial charge in [-0.15, -0.1) is 0 Å². The Kier molecular flexibility index (Phi) is 7.81. The van der Waals surface area contributed by atoms with E-state index in [1.165, 1.54) is 25.7 Å². The standard InChI is InChI=1S/C26H35N5O2/c1-20-8-6-10-23(16-20)29-26(33)31-15-7-9-22(19-31)25(32)28-18-21-11-12-24(27-17-21)30-13-4-2-3-5-14-30/h6,8,10-12,16-17,22H,2-5,7,9,13-15,18-19H2,1H3,(H,28,32)(H,29,33). The summed E-state index contributed by atoms with van der Waals surface area (Å²) in [6.45, 7) is 5.70. The van der Waals surface area contributed by atoms with Gasteiger partial charge in [0, 0.05) is 44.6 Å². The van der Waals surface area contributed by atoms with E-state index >= 15 is 0 Å². The van der Waals surface area contributed by atoms with Crippen LogP contribution in [0.15, 0.2) is 42.6 Å². The number of hydrogen-bond acceptors (Lipinski definition) is 4. The van der Waals surface area contributed by atoms with Gasteiger partial charge >= 0.3 is 6.03 Å². The molecule has 0 saturated carbocycles. The minimum absolute atomic E-state index is 0.000324. The topological polar surface area (TPSA) is 77.6 Å². The second kappa shape index (κ2) is 11.2. The summed E-state index contributed by atoms with van der Waals surface area (Å²) in [5.74, 6) is 0.834. The monoisotopic (exact) mass is 449 g/mol. The SMILES string of the molecule is Cc1cccc(NC(=O)N2CCCC(C(=O)NCc3ccc(N4CCCCCC4)nc3)C2)c1. The van der Waals surface area contributed by atoms with Gasteiger partial charge in [-0.1, -0.05) is 31.0 Å². The summed E-state index contributed by atoms with van der Waals surface area (Å²) in [6, 6.07) is 11.7. The molecule has 0 radical (unpaired) electrons. The third-order valence-electron chi connectivity index (χ3n) is 6.55. The number of hydrogen-bond donors (Lipinski definition) is 2. The van der Waals surface area contributed by atoms with E-state index in [2.05, 4.69) is 32.7 Å². The third kappa shape index (κ3) is 6.46. The number of benzene rings is 1. The Morgan fingerprint density at radius 2 is 1.85 bits per heavy atom. The molecule has 1 aromatic carbocycles. The first kappa shape index (κ1) is 23.1. The molecule has 2 aliphatic heterocycles. The lowest BCUT2D eigenvalue weighted by atomic mass is 9.97. The van der Waals surface area contributed by atoms with Crippen molar-refractivity contribution in [1.82, 2.24) is 15.2 Å². The van der Waals surface area contributed by atoms with Gasteiger partial charge in [-0.25, -0.2) is 9.78 Å². The van der Waals surface area contributed by atoms with Crippen molar-refractivity contribution >= 4 is 23.4 Å². The molecular weight excluding hydrogens is 414 g/mol. The van der Waals surface area contributed by atoms with E-state index < -0.39 is 0 Å². The zero-order valence-corrected chi connectivity index (χ0v) is 19.6. The maximum absolute atomic E-state index is 12.8. The van der Waals surface area contributed by atoms with E-state index in [4.69, 9.17) is 0 Å². The highest BCUT2D eigenvalue weighted by Crippen LogP contribution is 2.20. The van der Waals surface area contributed by atoms with Crippen molar-refractivity contribution in [2.24, 2.45) is 5.92 Å². The number of rotatable bonds is 5.